The van der Waals surface area contributed by atoms with Gasteiger partial charge in [0.1, 0.15) is 38.6 Å². The summed E-state index contributed by atoms with van der Waals surface area (Å²) in [4.78, 5) is 71.1. The Balaban J connectivity index is 1.27. The average Bonchev–Trinajstić information content (AvgIpc) is 3.39. The van der Waals surface area contributed by atoms with Crippen molar-refractivity contribution in [2.75, 3.05) is 19.8 Å². The molecule has 1 aliphatic carbocycles. The lowest BCUT2D eigenvalue weighted by molar-refractivity contribution is -0.141. The number of alkyl carbamates (subject to hydrolysis) is 1. The fraction of sp³-hybridized carbons (Fsp3) is 0.514. The summed E-state index contributed by atoms with van der Waals surface area (Å²) in [5.74, 6) is -3.12. The van der Waals surface area contributed by atoms with Crippen LogP contribution in [-0.4, -0.2) is 97.2 Å². The normalized spacial score (nSPS) is 25.8. The first-order valence-electron chi connectivity index (χ1n) is 17.5. The average molecular weight is 861 g/mol. The number of carbonyl (C=O) groups excluding carboxylic acids is 5. The Kier molecular flexibility index (Phi) is 12.0. The van der Waals surface area contributed by atoms with E-state index in [9.17, 15) is 32.4 Å². The molecule has 55 heavy (non-hydrogen) atoms. The topological polar surface area (TPSA) is 190 Å². The molecule has 3 aliphatic heterocycles. The van der Waals surface area contributed by atoms with E-state index < -0.39 is 80.1 Å². The molecule has 6 rings (SSSR count). The molecular weight excluding hydrogens is 821 g/mol. The highest BCUT2D eigenvalue weighted by molar-refractivity contribution is 7.90. The van der Waals surface area contributed by atoms with Crippen molar-refractivity contribution in [1.29, 1.82) is 0 Å². The van der Waals surface area contributed by atoms with E-state index in [0.29, 0.717) is 11.4 Å². The molecule has 1 aromatic heterocycles. The van der Waals surface area contributed by atoms with Crippen molar-refractivity contribution < 1.29 is 46.6 Å². The summed E-state index contributed by atoms with van der Waals surface area (Å²) in [6, 6.07) is 3.96. The van der Waals surface area contributed by atoms with E-state index in [1.165, 1.54) is 9.80 Å². The van der Waals surface area contributed by atoms with Gasteiger partial charge in [-0.2, -0.15) is 0 Å². The van der Waals surface area contributed by atoms with E-state index in [2.05, 4.69) is 10.6 Å². The first-order valence-corrected chi connectivity index (χ1v) is 20.9. The third kappa shape index (κ3) is 9.34. The smallest absolute Gasteiger partial charge is 0.410 e. The van der Waals surface area contributed by atoms with E-state index in [1.54, 1.807) is 45.1 Å². The minimum absolute atomic E-state index is 0.0197. The maximum Gasteiger partial charge on any atom is 0.410 e. The van der Waals surface area contributed by atoms with Gasteiger partial charge in [-0.15, -0.1) is 11.3 Å². The number of sulfonamides is 1. The molecule has 0 unspecified atom stereocenters. The molecule has 1 saturated heterocycles. The van der Waals surface area contributed by atoms with Gasteiger partial charge in [0.25, 0.3) is 15.9 Å². The second kappa shape index (κ2) is 16.1. The molecule has 4 heterocycles. The molecule has 0 radical (unpaired) electrons. The van der Waals surface area contributed by atoms with Crippen LogP contribution in [0.1, 0.15) is 57.6 Å². The van der Waals surface area contributed by atoms with Crippen molar-refractivity contribution in [3.05, 3.63) is 61.2 Å². The molecule has 5 amide bonds. The second-order valence-electron chi connectivity index (χ2n) is 14.7. The van der Waals surface area contributed by atoms with Crippen LogP contribution in [0.5, 0.6) is 0 Å². The first-order chi connectivity index (χ1) is 25.9. The van der Waals surface area contributed by atoms with Gasteiger partial charge in [0, 0.05) is 36.9 Å². The molecule has 2 aromatic rings. The minimum Gasteiger partial charge on any atom is -0.444 e. The van der Waals surface area contributed by atoms with Gasteiger partial charge in [-0.3, -0.25) is 19.3 Å². The number of benzene rings is 1. The summed E-state index contributed by atoms with van der Waals surface area (Å²) in [5.41, 5.74) is -0.962. The molecule has 20 heteroatoms. The number of fused-ring (bicyclic) bond motifs is 3. The fourth-order valence-electron chi connectivity index (χ4n) is 6.79. The predicted molar refractivity (Wildman–Crippen MR) is 202 cm³/mol. The molecule has 0 spiro atoms. The zero-order chi connectivity index (χ0) is 39.9. The third-order valence-corrected chi connectivity index (χ3v) is 13.0. The monoisotopic (exact) mass is 859 g/mol. The Morgan fingerprint density at radius 1 is 1.11 bits per heavy atom. The van der Waals surface area contributed by atoms with Crippen LogP contribution >= 0.6 is 46.1 Å². The standard InChI is InChI=1S/C35H40Cl3N5O10S2/c1-34(2,3)53-32(47)39-24-10-12-51-11-5-4-8-20-15-35(20,31(46)41-55(49,50)26-14-27(37)54-28(26)38)40-29(44)25-13-21(17-43(25)30(24)45)52-33(48)42-16-19-7-6-9-23(36)22(19)18-42/h4,6-9,14,20-21,24-25H,5,10-13,15-18H2,1-3H3,(H,39,47)(H,40,44)(H,41,46)/t20-,21-,24+,25+,35-/m1/s1. The number of nitrogens with one attached hydrogen (secondary N) is 3. The van der Waals surface area contributed by atoms with Crippen LogP contribution in [-0.2, 0) is 51.7 Å². The number of hydrogen-bond donors (Lipinski definition) is 3. The molecule has 2 fully saturated rings. The lowest BCUT2D eigenvalue weighted by atomic mass is 10.1. The van der Waals surface area contributed by atoms with E-state index in [-0.39, 0.29) is 60.8 Å². The third-order valence-electron chi connectivity index (χ3n) is 9.55. The maximum absolute atomic E-state index is 14.3. The number of thiophene rings is 1. The maximum atomic E-state index is 14.3. The van der Waals surface area contributed by atoms with Crippen LogP contribution in [0.3, 0.4) is 0 Å². The highest BCUT2D eigenvalue weighted by Gasteiger charge is 2.62. The van der Waals surface area contributed by atoms with Crippen LogP contribution in [0.15, 0.2) is 41.3 Å². The van der Waals surface area contributed by atoms with Crippen LogP contribution in [0.25, 0.3) is 0 Å². The molecule has 4 aliphatic rings. The van der Waals surface area contributed by atoms with Gasteiger partial charge < -0.3 is 29.7 Å². The highest BCUT2D eigenvalue weighted by atomic mass is 35.5. The van der Waals surface area contributed by atoms with Gasteiger partial charge in [0.05, 0.1) is 24.0 Å². The van der Waals surface area contributed by atoms with Crippen molar-refractivity contribution in [3.8, 4) is 0 Å². The Morgan fingerprint density at radius 3 is 2.56 bits per heavy atom. The number of rotatable bonds is 5. The van der Waals surface area contributed by atoms with Crippen molar-refractivity contribution in [2.24, 2.45) is 5.92 Å². The largest absolute Gasteiger partial charge is 0.444 e. The molecule has 15 nitrogen and oxygen atoms in total. The fourth-order valence-corrected chi connectivity index (χ4v) is 10.2. The predicted octanol–water partition coefficient (Wildman–Crippen LogP) is 4.77. The molecule has 5 atom stereocenters. The molecule has 0 bridgehead atoms. The lowest BCUT2D eigenvalue weighted by Gasteiger charge is -2.30. The summed E-state index contributed by atoms with van der Waals surface area (Å²) in [6.07, 6.45) is 1.20. The van der Waals surface area contributed by atoms with Crippen molar-refractivity contribution in [2.45, 2.75) is 93.8 Å². The molecule has 3 N–H and O–H groups in total. The Morgan fingerprint density at radius 2 is 1.87 bits per heavy atom. The van der Waals surface area contributed by atoms with Gasteiger partial charge in [0.15, 0.2) is 0 Å². The summed E-state index contributed by atoms with van der Waals surface area (Å²) in [7, 11) is -4.51. The van der Waals surface area contributed by atoms with Gasteiger partial charge >= 0.3 is 12.2 Å². The van der Waals surface area contributed by atoms with Gasteiger partial charge in [-0.05, 0) is 56.9 Å². The summed E-state index contributed by atoms with van der Waals surface area (Å²) < 4.78 is 45.5. The van der Waals surface area contributed by atoms with Gasteiger partial charge in [-0.25, -0.2) is 22.7 Å². The van der Waals surface area contributed by atoms with Crippen molar-refractivity contribution >= 4 is 86.1 Å². The summed E-state index contributed by atoms with van der Waals surface area (Å²) in [6.45, 7) is 5.50. The minimum atomic E-state index is -4.51. The molecule has 298 valence electrons. The van der Waals surface area contributed by atoms with Crippen LogP contribution in [0.4, 0.5) is 9.59 Å². The van der Waals surface area contributed by atoms with E-state index >= 15 is 0 Å². The molecule has 1 saturated carbocycles. The number of nitrogens with zero attached hydrogens (tertiary/aromatic N) is 2. The number of hydrogen-bond acceptors (Lipinski definition) is 11. The lowest BCUT2D eigenvalue weighted by Crippen LogP contribution is -2.58. The van der Waals surface area contributed by atoms with Crippen LogP contribution in [0.2, 0.25) is 13.7 Å². The Bertz CT molecular complexity index is 2020. The van der Waals surface area contributed by atoms with Crippen molar-refractivity contribution in [1.82, 2.24) is 25.2 Å². The molecule has 1 aromatic carbocycles. The van der Waals surface area contributed by atoms with Crippen LogP contribution in [0, 0.1) is 5.92 Å². The van der Waals surface area contributed by atoms with Crippen molar-refractivity contribution in [3.63, 3.8) is 0 Å². The number of amides is 5. The Hall–Kier alpha value is -3.61. The number of carbonyl (C=O) groups is 5. The van der Waals surface area contributed by atoms with E-state index in [0.717, 1.165) is 28.5 Å². The zero-order valence-corrected chi connectivity index (χ0v) is 34.0. The second-order valence-corrected chi connectivity index (χ2v) is 19.0. The molecular formula is C35H40Cl3N5O10S2. The van der Waals surface area contributed by atoms with E-state index in [4.69, 9.17) is 49.0 Å². The summed E-state index contributed by atoms with van der Waals surface area (Å²) >= 11 is 19.2. The summed E-state index contributed by atoms with van der Waals surface area (Å²) in [5, 5.41) is 5.83. The highest BCUT2D eigenvalue weighted by Crippen LogP contribution is 2.46. The van der Waals surface area contributed by atoms with Gasteiger partial charge in [0.2, 0.25) is 11.8 Å². The first kappa shape index (κ1) is 41.0. The zero-order valence-electron chi connectivity index (χ0n) is 30.1. The Labute approximate surface area is 337 Å². The number of ether oxygens (including phenoxy) is 3. The van der Waals surface area contributed by atoms with Gasteiger partial charge in [-0.1, -0.05) is 59.1 Å². The number of halogens is 3. The van der Waals surface area contributed by atoms with Crippen LogP contribution < -0.4 is 15.4 Å². The SMILES string of the molecule is CC(C)(C)OC(=O)N[C@H]1CCOCCC=C[C@@H]2C[C@@]2(C(=O)NS(=O)(=O)c2cc(Cl)sc2Cl)NC(=O)[C@@H]2C[C@@H](OC(=O)N3Cc4cccc(Cl)c4C3)CN2C1=O. The quantitative estimate of drug-likeness (QED) is 0.354. The van der Waals surface area contributed by atoms with E-state index in [1.807, 2.05) is 10.8 Å².